The minimum atomic E-state index is -0.156. The van der Waals surface area contributed by atoms with Gasteiger partial charge in [-0.25, -0.2) is 4.68 Å². The van der Waals surface area contributed by atoms with Gasteiger partial charge in [0.1, 0.15) is 10.2 Å². The lowest BCUT2D eigenvalue weighted by atomic mass is 9.98. The van der Waals surface area contributed by atoms with Crippen LogP contribution in [0.1, 0.15) is 37.7 Å². The lowest BCUT2D eigenvalue weighted by Crippen LogP contribution is -2.21. The van der Waals surface area contributed by atoms with E-state index in [2.05, 4.69) is 26.3 Å². The van der Waals surface area contributed by atoms with Crippen LogP contribution >= 0.6 is 15.9 Å². The zero-order chi connectivity index (χ0) is 16.9. The monoisotopic (exact) mass is 391 g/mol. The molecule has 1 aliphatic rings. The van der Waals surface area contributed by atoms with Crippen LogP contribution in [0.4, 0.5) is 5.69 Å². The third-order valence-corrected chi connectivity index (χ3v) is 5.11. The molecule has 1 N–H and O–H groups in total. The molecular formula is C18H22BrN3O2. The Balaban J connectivity index is 1.58. The zero-order valence-corrected chi connectivity index (χ0v) is 15.4. The molecule has 1 saturated carbocycles. The van der Waals surface area contributed by atoms with Crippen molar-refractivity contribution in [3.05, 3.63) is 50.9 Å². The summed E-state index contributed by atoms with van der Waals surface area (Å²) in [5.41, 5.74) is 1.66. The van der Waals surface area contributed by atoms with E-state index in [0.717, 1.165) is 24.2 Å². The van der Waals surface area contributed by atoms with Crippen molar-refractivity contribution in [2.75, 3.05) is 5.32 Å². The normalized spacial score (nSPS) is 15.2. The van der Waals surface area contributed by atoms with Crippen LogP contribution in [-0.4, -0.2) is 15.9 Å². The van der Waals surface area contributed by atoms with Gasteiger partial charge in [0, 0.05) is 13.6 Å². The van der Waals surface area contributed by atoms with Crippen LogP contribution in [0.5, 0.6) is 5.75 Å². The van der Waals surface area contributed by atoms with Crippen molar-refractivity contribution in [3.8, 4) is 5.75 Å². The van der Waals surface area contributed by atoms with Gasteiger partial charge < -0.3 is 10.1 Å². The highest BCUT2D eigenvalue weighted by Gasteiger charge is 2.14. The topological polar surface area (TPSA) is 56.1 Å². The van der Waals surface area contributed by atoms with Crippen LogP contribution in [-0.2, 0) is 13.6 Å². The van der Waals surface area contributed by atoms with Gasteiger partial charge in [0.2, 0.25) is 0 Å². The molecule has 5 nitrogen and oxygen atoms in total. The van der Waals surface area contributed by atoms with Crippen molar-refractivity contribution in [1.29, 1.82) is 0 Å². The van der Waals surface area contributed by atoms with Gasteiger partial charge >= 0.3 is 0 Å². The van der Waals surface area contributed by atoms with Crippen molar-refractivity contribution in [3.63, 3.8) is 0 Å². The van der Waals surface area contributed by atoms with Crippen LogP contribution in [0.25, 0.3) is 0 Å². The Bertz CT molecular complexity index is 737. The number of nitrogens with one attached hydrogen (secondary N) is 1. The van der Waals surface area contributed by atoms with E-state index in [1.165, 1.54) is 23.9 Å². The maximum Gasteiger partial charge on any atom is 0.282 e. The van der Waals surface area contributed by atoms with Crippen molar-refractivity contribution >= 4 is 21.6 Å². The first-order valence-corrected chi connectivity index (χ1v) is 9.14. The van der Waals surface area contributed by atoms with Crippen molar-refractivity contribution in [2.45, 2.75) is 44.8 Å². The number of aromatic nitrogens is 2. The van der Waals surface area contributed by atoms with Crippen molar-refractivity contribution in [1.82, 2.24) is 9.78 Å². The summed E-state index contributed by atoms with van der Waals surface area (Å²) >= 11 is 3.32. The fourth-order valence-corrected chi connectivity index (χ4v) is 3.39. The molecule has 3 rings (SSSR count). The minimum absolute atomic E-state index is 0.156. The summed E-state index contributed by atoms with van der Waals surface area (Å²) in [5.74, 6) is 0.932. The molecule has 0 radical (unpaired) electrons. The van der Waals surface area contributed by atoms with Crippen molar-refractivity contribution in [2.24, 2.45) is 7.05 Å². The highest BCUT2D eigenvalue weighted by molar-refractivity contribution is 9.10. The Labute approximate surface area is 150 Å². The number of ether oxygens (including phenoxy) is 1. The lowest BCUT2D eigenvalue weighted by molar-refractivity contribution is 0.155. The molecule has 1 aliphatic carbocycles. The number of benzene rings is 1. The molecule has 0 amide bonds. The quantitative estimate of drug-likeness (QED) is 0.840. The molecule has 0 aliphatic heterocycles. The van der Waals surface area contributed by atoms with E-state index in [0.29, 0.717) is 22.8 Å². The second-order valence-electron chi connectivity index (χ2n) is 6.18. The number of anilines is 1. The molecular weight excluding hydrogens is 370 g/mol. The minimum Gasteiger partial charge on any atom is -0.490 e. The number of hydrogen-bond donors (Lipinski definition) is 1. The standard InChI is InChI=1S/C18H22BrN3O2/c1-22-18(23)17(19)16(12-21-22)20-11-13-7-9-15(10-8-13)24-14-5-3-2-4-6-14/h7-10,12,14,20H,2-6,11H2,1H3. The first kappa shape index (κ1) is 17.0. The summed E-state index contributed by atoms with van der Waals surface area (Å²) in [6, 6.07) is 8.13. The zero-order valence-electron chi connectivity index (χ0n) is 13.8. The molecule has 1 aromatic heterocycles. The highest BCUT2D eigenvalue weighted by atomic mass is 79.9. The molecule has 1 heterocycles. The second-order valence-corrected chi connectivity index (χ2v) is 6.97. The second kappa shape index (κ2) is 7.83. The van der Waals surface area contributed by atoms with Gasteiger partial charge in [-0.05, 0) is 59.3 Å². The Morgan fingerprint density at radius 3 is 2.67 bits per heavy atom. The molecule has 0 unspecified atom stereocenters. The summed E-state index contributed by atoms with van der Waals surface area (Å²) < 4.78 is 7.83. The van der Waals surface area contributed by atoms with Gasteiger partial charge in [0.25, 0.3) is 5.56 Å². The number of nitrogens with zero attached hydrogens (tertiary/aromatic N) is 2. The molecule has 1 aromatic carbocycles. The average molecular weight is 392 g/mol. The van der Waals surface area contributed by atoms with Gasteiger partial charge in [-0.2, -0.15) is 5.10 Å². The van der Waals surface area contributed by atoms with Gasteiger partial charge in [0.15, 0.2) is 0 Å². The number of rotatable bonds is 5. The summed E-state index contributed by atoms with van der Waals surface area (Å²) in [5, 5.41) is 7.26. The maximum absolute atomic E-state index is 11.8. The van der Waals surface area contributed by atoms with Crippen LogP contribution in [0.15, 0.2) is 39.7 Å². The summed E-state index contributed by atoms with van der Waals surface area (Å²) in [6.45, 7) is 0.622. The van der Waals surface area contributed by atoms with Crippen LogP contribution in [0.2, 0.25) is 0 Å². The molecule has 128 valence electrons. The first-order chi connectivity index (χ1) is 11.6. The molecule has 0 bridgehead atoms. The Morgan fingerprint density at radius 1 is 1.25 bits per heavy atom. The predicted octanol–water partition coefficient (Wildman–Crippen LogP) is 3.87. The van der Waals surface area contributed by atoms with E-state index >= 15 is 0 Å². The molecule has 0 saturated heterocycles. The van der Waals surface area contributed by atoms with E-state index in [-0.39, 0.29) is 5.56 Å². The van der Waals surface area contributed by atoms with E-state index in [9.17, 15) is 4.79 Å². The van der Waals surface area contributed by atoms with Crippen molar-refractivity contribution < 1.29 is 4.74 Å². The van der Waals surface area contributed by atoms with Crippen LogP contribution in [0.3, 0.4) is 0 Å². The lowest BCUT2D eigenvalue weighted by Gasteiger charge is -2.23. The number of hydrogen-bond acceptors (Lipinski definition) is 4. The fraction of sp³-hybridized carbons (Fsp3) is 0.444. The summed E-state index contributed by atoms with van der Waals surface area (Å²) in [7, 11) is 1.63. The highest BCUT2D eigenvalue weighted by Crippen LogP contribution is 2.24. The largest absolute Gasteiger partial charge is 0.490 e. The smallest absolute Gasteiger partial charge is 0.282 e. The Morgan fingerprint density at radius 2 is 1.96 bits per heavy atom. The predicted molar refractivity (Wildman–Crippen MR) is 98.4 cm³/mol. The average Bonchev–Trinajstić information content (AvgIpc) is 2.61. The molecule has 0 spiro atoms. The van der Waals surface area contributed by atoms with Crippen LogP contribution < -0.4 is 15.6 Å². The molecule has 1 fully saturated rings. The van der Waals surface area contributed by atoms with E-state index < -0.39 is 0 Å². The maximum atomic E-state index is 11.8. The van der Waals surface area contributed by atoms with Crippen LogP contribution in [0, 0.1) is 0 Å². The fourth-order valence-electron chi connectivity index (χ4n) is 2.89. The first-order valence-electron chi connectivity index (χ1n) is 8.35. The van der Waals surface area contributed by atoms with E-state index in [4.69, 9.17) is 4.74 Å². The van der Waals surface area contributed by atoms with Gasteiger partial charge in [-0.1, -0.05) is 18.6 Å². The Hall–Kier alpha value is -1.82. The molecule has 24 heavy (non-hydrogen) atoms. The molecule has 0 atom stereocenters. The van der Waals surface area contributed by atoms with Gasteiger partial charge in [0.05, 0.1) is 18.0 Å². The van der Waals surface area contributed by atoms with E-state index in [1.54, 1.807) is 13.2 Å². The molecule has 6 heteroatoms. The number of halogens is 1. The summed E-state index contributed by atoms with van der Waals surface area (Å²) in [4.78, 5) is 11.8. The number of aryl methyl sites for hydroxylation is 1. The SMILES string of the molecule is Cn1ncc(NCc2ccc(OC3CCCCC3)cc2)c(Br)c1=O. The van der Waals surface area contributed by atoms with E-state index in [1.807, 2.05) is 24.3 Å². The third kappa shape index (κ3) is 4.17. The van der Waals surface area contributed by atoms with Gasteiger partial charge in [-0.3, -0.25) is 4.79 Å². The molecule has 2 aromatic rings. The Kier molecular flexibility index (Phi) is 5.56. The third-order valence-electron chi connectivity index (χ3n) is 4.34. The van der Waals surface area contributed by atoms with Gasteiger partial charge in [-0.15, -0.1) is 0 Å². The summed E-state index contributed by atoms with van der Waals surface area (Å²) in [6.07, 6.45) is 8.20.